The van der Waals surface area contributed by atoms with Crippen molar-refractivity contribution in [1.82, 2.24) is 4.57 Å². The number of thioether (sulfide) groups is 1. The lowest BCUT2D eigenvalue weighted by atomic mass is 10.2. The zero-order chi connectivity index (χ0) is 18.0. The number of hydrogen-bond acceptors (Lipinski definition) is 5. The van der Waals surface area contributed by atoms with Gasteiger partial charge in [0.05, 0.1) is 30.0 Å². The molecular formula is C18H18N2O3S2. The van der Waals surface area contributed by atoms with Gasteiger partial charge in [-0.25, -0.2) is 0 Å². The number of amides is 1. The van der Waals surface area contributed by atoms with Gasteiger partial charge in [-0.2, -0.15) is 4.99 Å². The molecule has 2 aromatic carbocycles. The Morgan fingerprint density at radius 3 is 2.64 bits per heavy atom. The Kier molecular flexibility index (Phi) is 5.15. The van der Waals surface area contributed by atoms with Gasteiger partial charge in [0.1, 0.15) is 11.5 Å². The monoisotopic (exact) mass is 374 g/mol. The van der Waals surface area contributed by atoms with E-state index in [9.17, 15) is 4.79 Å². The highest BCUT2D eigenvalue weighted by Crippen LogP contribution is 2.26. The molecule has 1 heterocycles. The van der Waals surface area contributed by atoms with Gasteiger partial charge in [0.15, 0.2) is 4.80 Å². The second-order valence-electron chi connectivity index (χ2n) is 5.26. The second-order valence-corrected chi connectivity index (χ2v) is 7.15. The number of nitrogens with zero attached hydrogens (tertiary/aromatic N) is 2. The van der Waals surface area contributed by atoms with Crippen LogP contribution in [0.4, 0.5) is 0 Å². The van der Waals surface area contributed by atoms with Crippen LogP contribution in [0.3, 0.4) is 0 Å². The van der Waals surface area contributed by atoms with E-state index in [1.54, 1.807) is 37.1 Å². The number of fused-ring (bicyclic) bond motifs is 1. The molecule has 3 aromatic rings. The van der Waals surface area contributed by atoms with Crippen LogP contribution in [0.2, 0.25) is 0 Å². The number of aromatic nitrogens is 1. The van der Waals surface area contributed by atoms with Crippen LogP contribution >= 0.6 is 23.1 Å². The van der Waals surface area contributed by atoms with E-state index in [1.165, 1.54) is 23.3 Å². The molecule has 0 bridgehead atoms. The smallest absolute Gasteiger partial charge is 0.283 e. The maximum Gasteiger partial charge on any atom is 0.283 e. The van der Waals surface area contributed by atoms with E-state index >= 15 is 0 Å². The van der Waals surface area contributed by atoms with Crippen molar-refractivity contribution in [2.45, 2.75) is 4.90 Å². The van der Waals surface area contributed by atoms with E-state index < -0.39 is 0 Å². The van der Waals surface area contributed by atoms with Crippen molar-refractivity contribution < 1.29 is 14.3 Å². The fraction of sp³-hybridized carbons (Fsp3) is 0.222. The molecule has 7 heteroatoms. The van der Waals surface area contributed by atoms with Crippen molar-refractivity contribution in [2.24, 2.45) is 12.0 Å². The van der Waals surface area contributed by atoms with Gasteiger partial charge in [0.25, 0.3) is 5.91 Å². The lowest BCUT2D eigenvalue weighted by molar-refractivity contribution is 0.0994. The van der Waals surface area contributed by atoms with Gasteiger partial charge in [-0.15, -0.1) is 11.8 Å². The van der Waals surface area contributed by atoms with Crippen LogP contribution in [0, 0.1) is 0 Å². The summed E-state index contributed by atoms with van der Waals surface area (Å²) in [7, 11) is 5.00. The van der Waals surface area contributed by atoms with Crippen molar-refractivity contribution in [3.8, 4) is 11.5 Å². The molecule has 0 aliphatic heterocycles. The van der Waals surface area contributed by atoms with Crippen molar-refractivity contribution in [3.63, 3.8) is 0 Å². The van der Waals surface area contributed by atoms with Crippen molar-refractivity contribution in [1.29, 1.82) is 0 Å². The first-order valence-corrected chi connectivity index (χ1v) is 9.56. The summed E-state index contributed by atoms with van der Waals surface area (Å²) in [4.78, 5) is 18.8. The number of rotatable bonds is 4. The lowest BCUT2D eigenvalue weighted by Gasteiger charge is -2.07. The van der Waals surface area contributed by atoms with E-state index in [-0.39, 0.29) is 5.91 Å². The molecule has 0 fully saturated rings. The van der Waals surface area contributed by atoms with Crippen LogP contribution in [0.5, 0.6) is 11.5 Å². The average Bonchev–Trinajstić information content (AvgIpc) is 2.95. The number of methoxy groups -OCH3 is 2. The van der Waals surface area contributed by atoms with E-state index in [0.717, 1.165) is 10.2 Å². The molecule has 0 aliphatic carbocycles. The van der Waals surface area contributed by atoms with Gasteiger partial charge in [-0.3, -0.25) is 4.79 Å². The molecule has 0 N–H and O–H groups in total. The normalized spacial score (nSPS) is 11.8. The third kappa shape index (κ3) is 3.43. The van der Waals surface area contributed by atoms with Gasteiger partial charge in [-0.05, 0) is 42.7 Å². The zero-order valence-corrected chi connectivity index (χ0v) is 16.0. The van der Waals surface area contributed by atoms with E-state index in [2.05, 4.69) is 17.1 Å². The van der Waals surface area contributed by atoms with Crippen LogP contribution in [0.25, 0.3) is 10.2 Å². The summed E-state index contributed by atoms with van der Waals surface area (Å²) in [5.41, 5.74) is 1.43. The molecule has 25 heavy (non-hydrogen) atoms. The number of aryl methyl sites for hydroxylation is 1. The summed E-state index contributed by atoms with van der Waals surface area (Å²) in [5, 5.41) is 0. The molecule has 1 amide bonds. The van der Waals surface area contributed by atoms with E-state index in [0.29, 0.717) is 21.9 Å². The van der Waals surface area contributed by atoms with Crippen molar-refractivity contribution in [2.75, 3.05) is 20.5 Å². The first-order chi connectivity index (χ1) is 12.1. The molecule has 0 aliphatic rings. The Morgan fingerprint density at radius 1 is 1.16 bits per heavy atom. The molecular weight excluding hydrogens is 356 g/mol. The Bertz CT molecular complexity index is 1010. The van der Waals surface area contributed by atoms with Crippen molar-refractivity contribution >= 4 is 39.2 Å². The summed E-state index contributed by atoms with van der Waals surface area (Å²) in [6, 6.07) is 11.3. The molecule has 0 atom stereocenters. The summed E-state index contributed by atoms with van der Waals surface area (Å²) in [6.07, 6.45) is 2.04. The summed E-state index contributed by atoms with van der Waals surface area (Å²) in [6.45, 7) is 0. The Morgan fingerprint density at radius 2 is 1.96 bits per heavy atom. The van der Waals surface area contributed by atoms with Crippen LogP contribution < -0.4 is 14.3 Å². The quantitative estimate of drug-likeness (QED) is 0.653. The summed E-state index contributed by atoms with van der Waals surface area (Å²) < 4.78 is 13.5. The van der Waals surface area contributed by atoms with Crippen molar-refractivity contribution in [3.05, 3.63) is 46.8 Å². The molecule has 0 spiro atoms. The predicted octanol–water partition coefficient (Wildman–Crippen LogP) is 3.72. The fourth-order valence-electron chi connectivity index (χ4n) is 2.48. The minimum atomic E-state index is -0.358. The molecule has 0 saturated heterocycles. The number of hydrogen-bond donors (Lipinski definition) is 0. The molecule has 130 valence electrons. The van der Waals surface area contributed by atoms with Crippen LogP contribution in [0.1, 0.15) is 10.4 Å². The first-order valence-electron chi connectivity index (χ1n) is 7.52. The highest BCUT2D eigenvalue weighted by molar-refractivity contribution is 7.98. The Hall–Kier alpha value is -2.25. The van der Waals surface area contributed by atoms with E-state index in [4.69, 9.17) is 9.47 Å². The van der Waals surface area contributed by atoms with Gasteiger partial charge >= 0.3 is 0 Å². The molecule has 0 radical (unpaired) electrons. The number of carbonyl (C=O) groups is 1. The maximum absolute atomic E-state index is 12.7. The van der Waals surface area contributed by atoms with Gasteiger partial charge < -0.3 is 14.0 Å². The van der Waals surface area contributed by atoms with Crippen LogP contribution in [0.15, 0.2) is 46.3 Å². The lowest BCUT2D eigenvalue weighted by Crippen LogP contribution is -2.13. The third-order valence-corrected chi connectivity index (χ3v) is 5.67. The first kappa shape index (κ1) is 17.6. The minimum absolute atomic E-state index is 0.358. The Labute approximate surface area is 153 Å². The third-order valence-electron chi connectivity index (χ3n) is 3.85. The molecule has 0 saturated carbocycles. The van der Waals surface area contributed by atoms with Crippen LogP contribution in [-0.2, 0) is 7.05 Å². The standard InChI is InChI=1S/C18H18N2O3S2/c1-20-14-7-6-12(24-4)10-16(14)25-18(20)19-17(21)13-9-11(22-2)5-8-15(13)23-3/h5-10H,1-4H3. The SMILES string of the molecule is COc1ccc(OC)c(C(=O)N=c2sc3cc(SC)ccc3n2C)c1. The highest BCUT2D eigenvalue weighted by atomic mass is 32.2. The second kappa shape index (κ2) is 7.33. The number of carbonyl (C=O) groups excluding carboxylic acids is 1. The van der Waals surface area contributed by atoms with E-state index in [1.807, 2.05) is 23.9 Å². The molecule has 0 unspecified atom stereocenters. The Balaban J connectivity index is 2.10. The predicted molar refractivity (Wildman–Crippen MR) is 102 cm³/mol. The van der Waals surface area contributed by atoms with Crippen LogP contribution in [-0.4, -0.2) is 30.9 Å². The minimum Gasteiger partial charge on any atom is -0.497 e. The number of ether oxygens (including phenoxy) is 2. The largest absolute Gasteiger partial charge is 0.497 e. The average molecular weight is 374 g/mol. The molecule has 5 nitrogen and oxygen atoms in total. The maximum atomic E-state index is 12.7. The number of thiazole rings is 1. The molecule has 1 aromatic heterocycles. The highest BCUT2D eigenvalue weighted by Gasteiger charge is 2.14. The fourth-order valence-corrected chi connectivity index (χ4v) is 4.05. The zero-order valence-electron chi connectivity index (χ0n) is 14.4. The molecule has 3 rings (SSSR count). The number of benzene rings is 2. The summed E-state index contributed by atoms with van der Waals surface area (Å²) in [5.74, 6) is 0.704. The topological polar surface area (TPSA) is 52.8 Å². The summed E-state index contributed by atoms with van der Waals surface area (Å²) >= 11 is 3.18. The van der Waals surface area contributed by atoms with Gasteiger partial charge in [-0.1, -0.05) is 11.3 Å². The van der Waals surface area contributed by atoms with Gasteiger partial charge in [0, 0.05) is 11.9 Å². The van der Waals surface area contributed by atoms with Gasteiger partial charge in [0.2, 0.25) is 0 Å².